The number of carbonyl (C=O) groups is 1. The molecule has 1 aliphatic heterocycles. The van der Waals surface area contributed by atoms with E-state index < -0.39 is 0 Å². The average molecular weight is 289 g/mol. The summed E-state index contributed by atoms with van der Waals surface area (Å²) in [7, 11) is 0. The number of carbonyl (C=O) groups excluding carboxylic acids is 1. The zero-order valence-electron chi connectivity index (χ0n) is 9.45. The van der Waals surface area contributed by atoms with Crippen LogP contribution in [-0.4, -0.2) is 30.9 Å². The van der Waals surface area contributed by atoms with Crippen LogP contribution >= 0.6 is 24.0 Å². The third kappa shape index (κ3) is 2.54. The summed E-state index contributed by atoms with van der Waals surface area (Å²) in [5.41, 5.74) is 1.85. The van der Waals surface area contributed by atoms with Crippen LogP contribution in [0.25, 0.3) is 17.5 Å². The maximum absolute atomic E-state index is 11.2. The van der Waals surface area contributed by atoms with Crippen LogP contribution in [0.3, 0.4) is 0 Å². The molecule has 2 N–H and O–H groups in total. The van der Waals surface area contributed by atoms with E-state index in [0.29, 0.717) is 10.8 Å². The Labute approximate surface area is 117 Å². The molecule has 94 valence electrons. The van der Waals surface area contributed by atoms with E-state index in [4.69, 9.17) is 12.2 Å². The van der Waals surface area contributed by atoms with E-state index in [1.807, 2.05) is 30.3 Å². The number of hydrogen-bond acceptors (Lipinski definition) is 6. The lowest BCUT2D eigenvalue weighted by Gasteiger charge is -1.98. The van der Waals surface area contributed by atoms with Crippen LogP contribution in [0.5, 0.6) is 0 Å². The zero-order chi connectivity index (χ0) is 13.2. The summed E-state index contributed by atoms with van der Waals surface area (Å²) in [5.74, 6) is 0.613. The van der Waals surface area contributed by atoms with Gasteiger partial charge in [-0.25, -0.2) is 5.10 Å². The molecule has 0 atom stereocenters. The van der Waals surface area contributed by atoms with Crippen molar-refractivity contribution in [3.05, 3.63) is 34.7 Å². The number of aromatic nitrogens is 4. The van der Waals surface area contributed by atoms with Gasteiger partial charge >= 0.3 is 0 Å². The van der Waals surface area contributed by atoms with Crippen molar-refractivity contribution in [2.45, 2.75) is 0 Å². The molecule has 0 aliphatic carbocycles. The molecule has 1 fully saturated rings. The average Bonchev–Trinajstić information content (AvgIpc) is 3.01. The van der Waals surface area contributed by atoms with Gasteiger partial charge in [-0.15, -0.1) is 5.10 Å². The number of thioether (sulfide) groups is 1. The second-order valence-electron chi connectivity index (χ2n) is 3.72. The van der Waals surface area contributed by atoms with Crippen molar-refractivity contribution >= 4 is 40.3 Å². The van der Waals surface area contributed by atoms with Crippen LogP contribution in [0.2, 0.25) is 0 Å². The summed E-state index contributed by atoms with van der Waals surface area (Å²) in [4.78, 5) is 12.4. The van der Waals surface area contributed by atoms with Crippen LogP contribution in [0.15, 0.2) is 29.2 Å². The summed E-state index contributed by atoms with van der Waals surface area (Å²) in [6.45, 7) is 0. The number of nitrogens with one attached hydrogen (secondary N) is 2. The highest BCUT2D eigenvalue weighted by molar-refractivity contribution is 8.19. The lowest BCUT2D eigenvalue weighted by Crippen LogP contribution is -2.15. The van der Waals surface area contributed by atoms with Crippen LogP contribution in [0, 0.1) is 0 Å². The minimum Gasteiger partial charge on any atom is -0.307 e. The van der Waals surface area contributed by atoms with Crippen molar-refractivity contribution in [2.24, 2.45) is 0 Å². The number of amides is 1. The minimum atomic E-state index is -0.138. The van der Waals surface area contributed by atoms with E-state index in [0.717, 1.165) is 27.8 Å². The minimum absolute atomic E-state index is 0.138. The first-order chi connectivity index (χ1) is 9.22. The van der Waals surface area contributed by atoms with Crippen LogP contribution in [0.4, 0.5) is 4.79 Å². The number of thiocarbonyl (C=S) groups is 1. The first kappa shape index (κ1) is 12.0. The predicted octanol–water partition coefficient (Wildman–Crippen LogP) is 1.99. The largest absolute Gasteiger partial charge is 0.307 e. The molecule has 0 bridgehead atoms. The van der Waals surface area contributed by atoms with Crippen LogP contribution < -0.4 is 5.32 Å². The van der Waals surface area contributed by atoms with E-state index in [1.165, 1.54) is 0 Å². The second-order valence-corrected chi connectivity index (χ2v) is 5.15. The highest BCUT2D eigenvalue weighted by atomic mass is 32.2. The van der Waals surface area contributed by atoms with Crippen molar-refractivity contribution in [1.29, 1.82) is 0 Å². The number of nitrogens with zero attached hydrogens (tertiary/aromatic N) is 3. The summed E-state index contributed by atoms with van der Waals surface area (Å²) in [6.07, 6.45) is 1.87. The summed E-state index contributed by atoms with van der Waals surface area (Å²) in [6, 6.07) is 7.62. The number of benzene rings is 1. The predicted molar refractivity (Wildman–Crippen MR) is 76.3 cm³/mol. The van der Waals surface area contributed by atoms with E-state index in [9.17, 15) is 4.79 Å². The fourth-order valence-corrected chi connectivity index (χ4v) is 2.62. The van der Waals surface area contributed by atoms with Crippen molar-refractivity contribution in [1.82, 2.24) is 25.9 Å². The molecule has 0 spiro atoms. The maximum atomic E-state index is 11.2. The zero-order valence-corrected chi connectivity index (χ0v) is 11.1. The standard InChI is InChI=1S/C11H7N5OS2/c17-11-12-10(18)8(19-11)5-6-1-3-7(4-2-6)9-13-15-16-14-9/h1-5H,(H,12,17,18)(H,13,14,15,16)/b8-5+. The van der Waals surface area contributed by atoms with Gasteiger partial charge in [0, 0.05) is 5.56 Å². The van der Waals surface area contributed by atoms with Gasteiger partial charge < -0.3 is 5.32 Å². The van der Waals surface area contributed by atoms with E-state index >= 15 is 0 Å². The molecule has 1 aliphatic rings. The van der Waals surface area contributed by atoms with Crippen molar-refractivity contribution in [3.8, 4) is 11.4 Å². The molecule has 1 amide bonds. The second kappa shape index (κ2) is 4.90. The van der Waals surface area contributed by atoms with Gasteiger partial charge in [0.1, 0.15) is 4.99 Å². The Kier molecular flexibility index (Phi) is 3.10. The van der Waals surface area contributed by atoms with Crippen LogP contribution in [-0.2, 0) is 0 Å². The smallest absolute Gasteiger partial charge is 0.289 e. The Morgan fingerprint density at radius 2 is 2.05 bits per heavy atom. The highest BCUT2D eigenvalue weighted by Crippen LogP contribution is 2.27. The Morgan fingerprint density at radius 3 is 2.63 bits per heavy atom. The molecule has 19 heavy (non-hydrogen) atoms. The van der Waals surface area contributed by atoms with E-state index in [2.05, 4.69) is 25.9 Å². The lowest BCUT2D eigenvalue weighted by molar-refractivity contribution is 0.265. The number of rotatable bonds is 2. The van der Waals surface area contributed by atoms with E-state index in [-0.39, 0.29) is 5.24 Å². The highest BCUT2D eigenvalue weighted by Gasteiger charge is 2.21. The fourth-order valence-electron chi connectivity index (χ4n) is 1.59. The van der Waals surface area contributed by atoms with Gasteiger partial charge in [0.2, 0.25) is 0 Å². The number of aromatic amines is 1. The molecule has 2 heterocycles. The maximum Gasteiger partial charge on any atom is 0.289 e. The van der Waals surface area contributed by atoms with Gasteiger partial charge in [-0.05, 0) is 33.8 Å². The lowest BCUT2D eigenvalue weighted by atomic mass is 10.1. The SMILES string of the molecule is O=C1NC(=S)/C(=C\c2ccc(-c3nnn[nH]3)cc2)S1. The monoisotopic (exact) mass is 289 g/mol. The number of tetrazole rings is 1. The molecule has 2 aromatic rings. The molecule has 0 saturated carbocycles. The Balaban J connectivity index is 1.86. The third-order valence-electron chi connectivity index (χ3n) is 2.47. The normalized spacial score (nSPS) is 16.9. The van der Waals surface area contributed by atoms with Gasteiger partial charge in [-0.3, -0.25) is 4.79 Å². The Bertz CT molecular complexity index is 663. The number of hydrogen-bond donors (Lipinski definition) is 2. The molecule has 8 heteroatoms. The van der Waals surface area contributed by atoms with Crippen molar-refractivity contribution < 1.29 is 4.79 Å². The summed E-state index contributed by atoms with van der Waals surface area (Å²) in [5, 5.41) is 16.0. The Hall–Kier alpha value is -2.06. The van der Waals surface area contributed by atoms with Crippen LogP contribution in [0.1, 0.15) is 5.56 Å². The molecule has 0 unspecified atom stereocenters. The molecule has 0 radical (unpaired) electrons. The summed E-state index contributed by atoms with van der Waals surface area (Å²) >= 11 is 6.16. The van der Waals surface area contributed by atoms with E-state index in [1.54, 1.807) is 0 Å². The van der Waals surface area contributed by atoms with Gasteiger partial charge in [-0.1, -0.05) is 36.5 Å². The first-order valence-corrected chi connectivity index (χ1v) is 6.54. The quantitative estimate of drug-likeness (QED) is 0.650. The topological polar surface area (TPSA) is 83.6 Å². The van der Waals surface area contributed by atoms with Gasteiger partial charge in [0.15, 0.2) is 5.82 Å². The molecule has 6 nitrogen and oxygen atoms in total. The van der Waals surface area contributed by atoms with Gasteiger partial charge in [0.05, 0.1) is 4.91 Å². The molecular weight excluding hydrogens is 282 g/mol. The molecule has 3 rings (SSSR count). The summed E-state index contributed by atoms with van der Waals surface area (Å²) < 4.78 is 0. The molecule has 1 aromatic carbocycles. The number of H-pyrrole nitrogens is 1. The molecule has 1 aromatic heterocycles. The third-order valence-corrected chi connectivity index (χ3v) is 3.75. The van der Waals surface area contributed by atoms with Gasteiger partial charge in [0.25, 0.3) is 5.24 Å². The van der Waals surface area contributed by atoms with Crippen molar-refractivity contribution in [3.63, 3.8) is 0 Å². The van der Waals surface area contributed by atoms with Gasteiger partial charge in [-0.2, -0.15) is 0 Å². The first-order valence-electron chi connectivity index (χ1n) is 5.31. The van der Waals surface area contributed by atoms with Crippen molar-refractivity contribution in [2.75, 3.05) is 0 Å². The molecular formula is C11H7N5OS2. The Morgan fingerprint density at radius 1 is 1.26 bits per heavy atom. The molecule has 1 saturated heterocycles. The fraction of sp³-hybridized carbons (Fsp3) is 0.